The number of pyridine rings is 2. The largest absolute Gasteiger partial charge is 0.466 e. The van der Waals surface area contributed by atoms with Gasteiger partial charge in [0.05, 0.1) is 75.0 Å². The maximum absolute atomic E-state index is 12.7. The average molecular weight is 1840 g/mol. The summed E-state index contributed by atoms with van der Waals surface area (Å²) >= 11 is 8.66. The number of aromatic nitrogens is 14. The topological polar surface area (TPSA) is 518 Å². The Labute approximate surface area is 759 Å². The van der Waals surface area contributed by atoms with E-state index in [1.165, 1.54) is 80.6 Å². The van der Waals surface area contributed by atoms with Crippen LogP contribution in [0.25, 0.3) is 0 Å². The van der Waals surface area contributed by atoms with Crippen molar-refractivity contribution in [3.8, 4) is 0 Å². The van der Waals surface area contributed by atoms with Crippen LogP contribution in [0.3, 0.4) is 0 Å². The van der Waals surface area contributed by atoms with Crippen LogP contribution >= 0.6 is 68.0 Å². The number of nitrogens with two attached hydrogens (primary N) is 5. The molecule has 8 heterocycles. The van der Waals surface area contributed by atoms with Crippen molar-refractivity contribution in [1.82, 2.24) is 71.2 Å². The van der Waals surface area contributed by atoms with Crippen molar-refractivity contribution >= 4 is 163 Å². The third-order valence-electron chi connectivity index (χ3n) is 20.0. The third kappa shape index (κ3) is 31.9. The van der Waals surface area contributed by atoms with Gasteiger partial charge in [-0.3, -0.25) is 44.1 Å². The van der Waals surface area contributed by atoms with Gasteiger partial charge < -0.3 is 64.1 Å². The summed E-state index contributed by atoms with van der Waals surface area (Å²) in [5.41, 5.74) is 37.2. The first-order valence-corrected chi connectivity index (χ1v) is 46.4. The molecule has 3 fully saturated rings. The van der Waals surface area contributed by atoms with Gasteiger partial charge in [0.1, 0.15) is 35.6 Å². The molecule has 0 spiro atoms. The molecule has 0 radical (unpaired) electrons. The molecule has 0 unspecified atom stereocenters. The molecule has 15 rings (SSSR count). The van der Waals surface area contributed by atoms with Gasteiger partial charge in [0.2, 0.25) is 54.4 Å². The van der Waals surface area contributed by atoms with Gasteiger partial charge in [-0.05, 0) is 189 Å². The molecule has 127 heavy (non-hydrogen) atoms. The van der Waals surface area contributed by atoms with E-state index in [-0.39, 0.29) is 97.8 Å². The highest BCUT2D eigenvalue weighted by molar-refractivity contribution is 7.17. The Bertz CT molecular complexity index is 5340. The van der Waals surface area contributed by atoms with E-state index >= 15 is 0 Å². The van der Waals surface area contributed by atoms with Crippen molar-refractivity contribution in [2.75, 3.05) is 68.5 Å². The van der Waals surface area contributed by atoms with Crippen LogP contribution < -0.4 is 55.3 Å². The summed E-state index contributed by atoms with van der Waals surface area (Å²) in [4.78, 5) is 92.2. The van der Waals surface area contributed by atoms with Crippen LogP contribution in [0.2, 0.25) is 0 Å². The summed E-state index contributed by atoms with van der Waals surface area (Å²) in [6, 6.07) is 36.6. The van der Waals surface area contributed by atoms with Gasteiger partial charge in [-0.2, -0.15) is 0 Å². The van der Waals surface area contributed by atoms with Crippen molar-refractivity contribution in [1.29, 1.82) is 0 Å². The zero-order valence-corrected chi connectivity index (χ0v) is 76.4. The Kier molecular flexibility index (Phi) is 35.5. The predicted octanol–water partition coefficient (Wildman–Crippen LogP) is 15.5. The van der Waals surface area contributed by atoms with Crippen LogP contribution in [0.5, 0.6) is 0 Å². The van der Waals surface area contributed by atoms with E-state index in [1.807, 2.05) is 74.5 Å². The Morgan fingerprint density at radius 1 is 0.354 bits per heavy atom. The van der Waals surface area contributed by atoms with E-state index in [4.69, 9.17) is 42.9 Å². The fraction of sp³-hybridized carbons (Fsp3) is 0.391. The number of ether oxygens (including phenoxy) is 3. The van der Waals surface area contributed by atoms with Gasteiger partial charge in [-0.25, -0.2) is 4.79 Å². The fourth-order valence-electron chi connectivity index (χ4n) is 13.9. The van der Waals surface area contributed by atoms with Crippen LogP contribution in [-0.2, 0) is 81.5 Å². The molecule has 4 aromatic carbocycles. The van der Waals surface area contributed by atoms with Crippen molar-refractivity contribution in [3.63, 3.8) is 0 Å². The first-order chi connectivity index (χ1) is 61.1. The van der Waals surface area contributed by atoms with E-state index < -0.39 is 11.7 Å². The minimum Gasteiger partial charge on any atom is -0.466 e. The standard InChI is InChI=1S/C32H37N7O4S2.C26H28N8O2S2.C10H14N6S2.C10H13NO2.C9H12N2O2/c1-19-8-10-20(11-9-19)16-25(40)34-29-38-36-27(44-29)22-6-5-7-23(18-22)28-37-39-30(45-28)35-26(41)17-21-12-14-24(15-13-21)33-31(42)43-32(2,3)4;27-19-8-4-15(5-9-19)12-21(35)29-25-33-31-23(37-25)17-2-1-3-18(14-17)24-32-34-26(38-24)30-22(36)13-16-6-10-20(28)11-7-16;11-9-15-13-7(17-9)5-2-1-3-6(4-5)8-14-16-10(12)18-8;1-3-13-10(12)6-9-5-4-8(2)7-11-9;1-2-13-9(12)5-8-4-3-7(10)6-11-8/h8-15,22-23H,5-7,16-18H2,1-4H3,(H,33,42)(H,34,38,40)(H,35,39,41);4-11,17-18H,1-3,12-14,27-28H2,(H,29,33,35)(H,30,34,36);5-6H,1-4H2,(H2,11,15)(H2,12,16);4-5,7H,3,6H2,1-2H3;3-4,6H,2,5,10H2,1H3/t22-,23-;17-,18-;5-,6-;;/m000../s1. The summed E-state index contributed by atoms with van der Waals surface area (Å²) < 4.78 is 14.8. The van der Waals surface area contributed by atoms with Gasteiger partial charge in [0, 0.05) is 58.8 Å². The van der Waals surface area contributed by atoms with Crippen LogP contribution in [0.15, 0.2) is 134 Å². The normalized spacial score (nSPS) is 16.4. The van der Waals surface area contributed by atoms with Gasteiger partial charge in [-0.1, -0.05) is 160 Å². The zero-order chi connectivity index (χ0) is 90.4. The van der Waals surface area contributed by atoms with Crippen LogP contribution in [0.4, 0.5) is 58.3 Å². The smallest absolute Gasteiger partial charge is 0.412 e. The summed E-state index contributed by atoms with van der Waals surface area (Å²) in [5.74, 6) is 0.724. The average Bonchev–Trinajstić information content (AvgIpc) is 1.70. The van der Waals surface area contributed by atoms with Crippen molar-refractivity contribution in [2.24, 2.45) is 0 Å². The molecule has 0 bridgehead atoms. The highest BCUT2D eigenvalue weighted by atomic mass is 32.1. The number of carbonyl (C=O) groups excluding carboxylic acids is 7. The Morgan fingerprint density at radius 2 is 0.654 bits per heavy atom. The maximum Gasteiger partial charge on any atom is 0.412 e. The summed E-state index contributed by atoms with van der Waals surface area (Å²) in [5, 5.41) is 73.5. The summed E-state index contributed by atoms with van der Waals surface area (Å²) in [6.07, 6.45) is 16.5. The second-order valence-corrected chi connectivity index (χ2v) is 37.6. The molecule has 34 nitrogen and oxygen atoms in total. The fourth-order valence-corrected chi connectivity index (χ4v) is 19.0. The SMILES string of the molecule is CCOC(=O)Cc1ccc(C)cn1.CCOC(=O)Cc1ccc(N)cn1.Cc1ccc(CC(=O)Nc2nnc([C@H]3CCC[C@H](c4nnc(NC(=O)Cc5ccc(NC(=O)OC(C)(C)C)cc5)s4)C3)s2)cc1.Nc1ccc(CC(=O)Nc2nnc([C@H]3CCC[C@H](c4nnc(NC(=O)Cc5ccc(N)cc5)s4)C3)s2)cc1.Nc1nnc([C@H]2CCC[C@H](c3nnc(N)s3)C2)s1. The monoisotopic (exact) mass is 1840 g/mol. The number of nitrogens with one attached hydrogen (secondary N) is 5. The molecule has 15 N–H and O–H groups in total. The summed E-state index contributed by atoms with van der Waals surface area (Å²) in [7, 11) is 0. The Hall–Kier alpha value is -12.4. The van der Waals surface area contributed by atoms with Gasteiger partial charge in [0.15, 0.2) is 0 Å². The quantitative estimate of drug-likeness (QED) is 0.0144. The Morgan fingerprint density at radius 3 is 0.953 bits per heavy atom. The van der Waals surface area contributed by atoms with Crippen molar-refractivity contribution in [2.45, 2.75) is 205 Å². The molecule has 40 heteroatoms. The molecular formula is C87H104N24O10S6. The number of aryl methyl sites for hydroxylation is 2. The lowest BCUT2D eigenvalue weighted by atomic mass is 9.82. The highest BCUT2D eigenvalue weighted by Gasteiger charge is 2.33. The molecule has 3 aliphatic carbocycles. The van der Waals surface area contributed by atoms with E-state index in [1.54, 1.807) is 101 Å². The van der Waals surface area contributed by atoms with Gasteiger partial charge >= 0.3 is 18.0 Å². The van der Waals surface area contributed by atoms with Gasteiger partial charge in [-0.15, -0.1) is 61.2 Å². The lowest BCUT2D eigenvalue weighted by molar-refractivity contribution is -0.143. The highest BCUT2D eigenvalue weighted by Crippen LogP contribution is 2.47. The van der Waals surface area contributed by atoms with Crippen LogP contribution in [0, 0.1) is 13.8 Å². The predicted molar refractivity (Wildman–Crippen MR) is 497 cm³/mol. The molecule has 12 aromatic rings. The first kappa shape index (κ1) is 95.3. The molecule has 0 aliphatic heterocycles. The van der Waals surface area contributed by atoms with Crippen LogP contribution in [0.1, 0.15) is 222 Å². The number of esters is 2. The number of benzene rings is 4. The molecule has 6 atom stereocenters. The van der Waals surface area contributed by atoms with E-state index in [9.17, 15) is 33.6 Å². The molecule has 8 aromatic heterocycles. The number of anilines is 10. The molecule has 5 amide bonds. The lowest BCUT2D eigenvalue weighted by Crippen LogP contribution is -2.27. The lowest BCUT2D eigenvalue weighted by Gasteiger charge is -2.25. The van der Waals surface area contributed by atoms with E-state index in [2.05, 4.69) is 97.7 Å². The van der Waals surface area contributed by atoms with E-state index in [0.29, 0.717) is 84.3 Å². The minimum absolute atomic E-state index is 0.112. The molecule has 0 saturated heterocycles. The number of hydrogen-bond donors (Lipinski definition) is 10. The molecule has 668 valence electrons. The number of nitrogen functional groups attached to an aromatic ring is 5. The van der Waals surface area contributed by atoms with Crippen LogP contribution in [-0.4, -0.2) is 132 Å². The number of rotatable bonds is 25. The first-order valence-electron chi connectivity index (χ1n) is 41.5. The van der Waals surface area contributed by atoms with Gasteiger partial charge in [0.25, 0.3) is 0 Å². The molecule has 3 aliphatic rings. The number of amides is 5. The molecular weight excluding hydrogens is 1730 g/mol. The second kappa shape index (κ2) is 47.3. The second-order valence-electron chi connectivity index (χ2n) is 31.5. The van der Waals surface area contributed by atoms with E-state index in [0.717, 1.165) is 140 Å². The zero-order valence-electron chi connectivity index (χ0n) is 71.5. The number of nitrogens with zero attached hydrogens (tertiary/aromatic N) is 14. The van der Waals surface area contributed by atoms with Crippen molar-refractivity contribution in [3.05, 3.63) is 209 Å². The van der Waals surface area contributed by atoms with Crippen molar-refractivity contribution < 1.29 is 47.8 Å². The maximum atomic E-state index is 12.7. The Balaban J connectivity index is 0.000000169. The number of hydrogen-bond acceptors (Lipinski definition) is 35. The number of carbonyl (C=O) groups is 7. The third-order valence-corrected chi connectivity index (χ3v) is 25.8. The minimum atomic E-state index is -0.586. The molecule has 3 saturated carbocycles. The summed E-state index contributed by atoms with van der Waals surface area (Å²) in [6.45, 7) is 13.8.